The predicted octanol–water partition coefficient (Wildman–Crippen LogP) is 9.30. The van der Waals surface area contributed by atoms with E-state index >= 15 is 0 Å². The SMILES string of the molecule is COc1cccc(-c2csc(NC(=O)C(Sc3cccc(NC(=O)N4c5ccccc5SC5C=CC=CC54)c3)c3ccccc3)n2)c1. The standard InChI is InChI=1S/C37H30N4O3S3/c1-44-27-15-9-13-25(21-27)29-23-45-36(39-29)40-35(42)34(24-11-3-2-4-12-24)46-28-16-10-14-26(22-28)38-37(43)41-30-17-5-7-19-32(30)47-33-20-8-6-18-31(33)41/h2-23,30,32,34H,1H3,(H,38,43)(H,39,40,42). The highest BCUT2D eigenvalue weighted by Crippen LogP contribution is 2.44. The Morgan fingerprint density at radius 2 is 1.70 bits per heavy atom. The minimum Gasteiger partial charge on any atom is -0.497 e. The number of carbonyl (C=O) groups excluding carboxylic acids is 2. The zero-order chi connectivity index (χ0) is 32.2. The highest BCUT2D eigenvalue weighted by molar-refractivity contribution is 8.00. The molecular weight excluding hydrogens is 645 g/mol. The quantitative estimate of drug-likeness (QED) is 0.160. The Bertz CT molecular complexity index is 1980. The first-order chi connectivity index (χ1) is 23.1. The maximum Gasteiger partial charge on any atom is 0.326 e. The van der Waals surface area contributed by atoms with Crippen LogP contribution in [0.2, 0.25) is 0 Å². The molecule has 2 N–H and O–H groups in total. The molecule has 3 amide bonds. The van der Waals surface area contributed by atoms with Gasteiger partial charge in [-0.25, -0.2) is 9.78 Å². The smallest absolute Gasteiger partial charge is 0.326 e. The minimum atomic E-state index is -0.558. The maximum absolute atomic E-state index is 13.9. The van der Waals surface area contributed by atoms with E-state index in [0.29, 0.717) is 10.8 Å². The van der Waals surface area contributed by atoms with Crippen molar-refractivity contribution in [3.8, 4) is 17.0 Å². The number of amides is 3. The number of allylic oxidation sites excluding steroid dienone is 2. The zero-order valence-electron chi connectivity index (χ0n) is 25.3. The van der Waals surface area contributed by atoms with Crippen LogP contribution in [0, 0.1) is 0 Å². The molecule has 234 valence electrons. The van der Waals surface area contributed by atoms with Gasteiger partial charge in [0, 0.05) is 26.4 Å². The second-order valence-electron chi connectivity index (χ2n) is 10.8. The van der Waals surface area contributed by atoms with Gasteiger partial charge < -0.3 is 15.4 Å². The average Bonchev–Trinajstić information content (AvgIpc) is 3.58. The number of urea groups is 1. The summed E-state index contributed by atoms with van der Waals surface area (Å²) in [5.74, 6) is 0.555. The van der Waals surface area contributed by atoms with E-state index in [1.165, 1.54) is 23.1 Å². The maximum atomic E-state index is 13.9. The van der Waals surface area contributed by atoms with Crippen molar-refractivity contribution >= 4 is 63.3 Å². The van der Waals surface area contributed by atoms with Crippen molar-refractivity contribution in [2.45, 2.75) is 26.3 Å². The van der Waals surface area contributed by atoms with E-state index in [1.54, 1.807) is 18.9 Å². The zero-order valence-corrected chi connectivity index (χ0v) is 27.7. The Labute approximate surface area is 285 Å². The van der Waals surface area contributed by atoms with Crippen molar-refractivity contribution in [2.75, 3.05) is 22.6 Å². The van der Waals surface area contributed by atoms with Gasteiger partial charge in [0.1, 0.15) is 11.0 Å². The molecule has 47 heavy (non-hydrogen) atoms. The summed E-state index contributed by atoms with van der Waals surface area (Å²) in [7, 11) is 1.63. The second kappa shape index (κ2) is 13.9. The lowest BCUT2D eigenvalue weighted by atomic mass is 10.1. The van der Waals surface area contributed by atoms with Gasteiger partial charge in [0.05, 0.1) is 29.8 Å². The molecule has 4 aromatic carbocycles. The highest BCUT2D eigenvalue weighted by atomic mass is 32.2. The number of rotatable bonds is 8. The number of methoxy groups -OCH3 is 1. The van der Waals surface area contributed by atoms with Gasteiger partial charge in [-0.3, -0.25) is 9.69 Å². The van der Waals surface area contributed by atoms with Gasteiger partial charge in [0.15, 0.2) is 5.13 Å². The molecule has 1 aliphatic heterocycles. The van der Waals surface area contributed by atoms with Crippen molar-refractivity contribution in [3.63, 3.8) is 0 Å². The Kier molecular flexibility index (Phi) is 9.14. The fourth-order valence-corrected chi connectivity index (χ4v) is 8.57. The number of hydrogen-bond donors (Lipinski definition) is 2. The number of aromatic nitrogens is 1. The number of thioether (sulfide) groups is 2. The van der Waals surface area contributed by atoms with Crippen LogP contribution in [0.3, 0.4) is 0 Å². The van der Waals surface area contributed by atoms with Crippen LogP contribution in [0.15, 0.2) is 143 Å². The Morgan fingerprint density at radius 1 is 0.894 bits per heavy atom. The van der Waals surface area contributed by atoms with Crippen LogP contribution in [0.5, 0.6) is 5.75 Å². The van der Waals surface area contributed by atoms with Gasteiger partial charge in [-0.15, -0.1) is 34.9 Å². The summed E-state index contributed by atoms with van der Waals surface area (Å²) < 4.78 is 5.35. The summed E-state index contributed by atoms with van der Waals surface area (Å²) in [4.78, 5) is 36.1. The number of fused-ring (bicyclic) bond motifs is 2. The Morgan fingerprint density at radius 3 is 2.57 bits per heavy atom. The number of nitrogens with zero attached hydrogens (tertiary/aromatic N) is 2. The summed E-state index contributed by atoms with van der Waals surface area (Å²) in [6.07, 6.45) is 8.24. The lowest BCUT2D eigenvalue weighted by Gasteiger charge is -2.40. The molecule has 0 bridgehead atoms. The molecule has 0 fully saturated rings. The van der Waals surface area contributed by atoms with Gasteiger partial charge in [0.2, 0.25) is 5.91 Å². The molecular formula is C37H30N4O3S3. The molecule has 2 heterocycles. The molecule has 0 saturated carbocycles. The summed E-state index contributed by atoms with van der Waals surface area (Å²) in [6, 6.07) is 32.7. The normalized spacial score (nSPS) is 16.9. The van der Waals surface area contributed by atoms with Crippen LogP contribution >= 0.6 is 34.9 Å². The van der Waals surface area contributed by atoms with Crippen LogP contribution in [-0.2, 0) is 4.79 Å². The number of ether oxygens (including phenoxy) is 1. The highest BCUT2D eigenvalue weighted by Gasteiger charge is 2.36. The molecule has 0 spiro atoms. The van der Waals surface area contributed by atoms with E-state index in [9.17, 15) is 9.59 Å². The largest absolute Gasteiger partial charge is 0.497 e. The van der Waals surface area contributed by atoms with Gasteiger partial charge in [-0.2, -0.15) is 0 Å². The molecule has 1 aromatic heterocycles. The van der Waals surface area contributed by atoms with Crippen molar-refractivity contribution < 1.29 is 14.3 Å². The number of hydrogen-bond acceptors (Lipinski definition) is 7. The molecule has 1 aliphatic carbocycles. The van der Waals surface area contributed by atoms with E-state index < -0.39 is 5.25 Å². The van der Waals surface area contributed by atoms with Crippen molar-refractivity contribution in [1.29, 1.82) is 0 Å². The van der Waals surface area contributed by atoms with Crippen LogP contribution in [0.1, 0.15) is 10.8 Å². The summed E-state index contributed by atoms with van der Waals surface area (Å²) >= 11 is 4.57. The molecule has 7 rings (SSSR count). The average molecular weight is 675 g/mol. The molecule has 3 atom stereocenters. The van der Waals surface area contributed by atoms with Crippen LogP contribution in [0.4, 0.5) is 21.3 Å². The van der Waals surface area contributed by atoms with Crippen LogP contribution in [0.25, 0.3) is 11.3 Å². The minimum absolute atomic E-state index is 0.0982. The third-order valence-corrected chi connectivity index (χ3v) is 11.1. The van der Waals surface area contributed by atoms with E-state index in [-0.39, 0.29) is 23.2 Å². The Balaban J connectivity index is 1.10. The molecule has 7 nitrogen and oxygen atoms in total. The molecule has 0 radical (unpaired) electrons. The third-order valence-electron chi connectivity index (χ3n) is 7.74. The topological polar surface area (TPSA) is 83.6 Å². The van der Waals surface area contributed by atoms with Gasteiger partial charge in [0.25, 0.3) is 0 Å². The third kappa shape index (κ3) is 6.85. The number of anilines is 3. The van der Waals surface area contributed by atoms with Gasteiger partial charge in [-0.1, -0.05) is 85.0 Å². The fourth-order valence-electron chi connectivity index (χ4n) is 5.51. The molecule has 0 saturated heterocycles. The first-order valence-corrected chi connectivity index (χ1v) is 17.6. The lowest BCUT2D eigenvalue weighted by molar-refractivity contribution is -0.115. The number of para-hydroxylation sites is 1. The fraction of sp³-hybridized carbons (Fsp3) is 0.108. The summed E-state index contributed by atoms with van der Waals surface area (Å²) in [5.41, 5.74) is 4.07. The number of benzene rings is 4. The molecule has 5 aromatic rings. The van der Waals surface area contributed by atoms with Gasteiger partial charge in [-0.05, 0) is 48.0 Å². The van der Waals surface area contributed by atoms with Crippen molar-refractivity contribution in [2.24, 2.45) is 0 Å². The van der Waals surface area contributed by atoms with E-state index in [0.717, 1.165) is 38.0 Å². The second-order valence-corrected chi connectivity index (χ2v) is 14.1. The number of carbonyl (C=O) groups is 2. The van der Waals surface area contributed by atoms with Crippen LogP contribution in [-0.4, -0.2) is 35.3 Å². The number of nitrogens with one attached hydrogen (secondary N) is 2. The Hall–Kier alpha value is -4.77. The van der Waals surface area contributed by atoms with Crippen molar-refractivity contribution in [1.82, 2.24) is 4.98 Å². The lowest BCUT2D eigenvalue weighted by Crippen LogP contribution is -2.49. The first-order valence-electron chi connectivity index (χ1n) is 15.0. The van der Waals surface area contributed by atoms with E-state index in [4.69, 9.17) is 4.74 Å². The van der Waals surface area contributed by atoms with E-state index in [1.807, 2.05) is 119 Å². The van der Waals surface area contributed by atoms with Crippen molar-refractivity contribution in [3.05, 3.63) is 138 Å². The summed E-state index contributed by atoms with van der Waals surface area (Å²) in [6.45, 7) is 0. The van der Waals surface area contributed by atoms with Gasteiger partial charge >= 0.3 is 6.03 Å². The number of thiazole rings is 1. The first kappa shape index (κ1) is 30.9. The molecule has 3 unspecified atom stereocenters. The predicted molar refractivity (Wildman–Crippen MR) is 194 cm³/mol. The monoisotopic (exact) mass is 674 g/mol. The molecule has 2 aliphatic rings. The summed E-state index contributed by atoms with van der Waals surface area (Å²) in [5, 5.41) is 8.17. The molecule has 10 heteroatoms. The van der Waals surface area contributed by atoms with E-state index in [2.05, 4.69) is 33.8 Å². The van der Waals surface area contributed by atoms with Crippen LogP contribution < -0.4 is 20.3 Å².